The maximum atomic E-state index is 13.4. The Morgan fingerprint density at radius 3 is 2.62 bits per heavy atom. The second-order valence-corrected chi connectivity index (χ2v) is 8.68. The van der Waals surface area contributed by atoms with Crippen molar-refractivity contribution >= 4 is 17.5 Å². The van der Waals surface area contributed by atoms with Crippen LogP contribution in [-0.4, -0.2) is 23.9 Å². The molecular weight excluding hydrogens is 360 g/mol. The van der Waals surface area contributed by atoms with Crippen LogP contribution in [0.1, 0.15) is 64.0 Å². The molecule has 1 N–H and O–H groups in total. The van der Waals surface area contributed by atoms with Crippen molar-refractivity contribution in [2.24, 2.45) is 5.92 Å². The zero-order valence-corrected chi connectivity index (χ0v) is 18.6. The molecule has 29 heavy (non-hydrogen) atoms. The van der Waals surface area contributed by atoms with Crippen molar-refractivity contribution in [2.75, 3.05) is 11.4 Å². The Kier molecular flexibility index (Phi) is 8.24. The standard InChI is InChI=1S/C25H36N2O2/c1-19(2)15-17-26-24(29)25(5)16-11-9-7-6-8-10-12-23(28)27(25)22-14-13-20(3)18-21(22)4/h6-8,10,13-14,18-19H,9,11-12,15-17H2,1-5H3,(H,26,29)/b7-6-,10-8-. The van der Waals surface area contributed by atoms with Crippen molar-refractivity contribution in [1.82, 2.24) is 5.32 Å². The molecule has 1 unspecified atom stereocenters. The van der Waals surface area contributed by atoms with Crippen LogP contribution in [0.15, 0.2) is 42.5 Å². The number of amides is 2. The van der Waals surface area contributed by atoms with Crippen LogP contribution in [-0.2, 0) is 9.59 Å². The summed E-state index contributed by atoms with van der Waals surface area (Å²) in [5.41, 5.74) is 2.04. The minimum absolute atomic E-state index is 0.0509. The van der Waals surface area contributed by atoms with Crippen molar-refractivity contribution in [3.63, 3.8) is 0 Å². The summed E-state index contributed by atoms with van der Waals surface area (Å²) in [6, 6.07) is 6.06. The number of rotatable bonds is 5. The van der Waals surface area contributed by atoms with Gasteiger partial charge in [0.05, 0.1) is 0 Å². The van der Waals surface area contributed by atoms with Gasteiger partial charge in [-0.15, -0.1) is 0 Å². The van der Waals surface area contributed by atoms with E-state index in [9.17, 15) is 9.59 Å². The number of carbonyl (C=O) groups is 2. The minimum atomic E-state index is -0.930. The van der Waals surface area contributed by atoms with Gasteiger partial charge in [0.15, 0.2) is 0 Å². The average molecular weight is 397 g/mol. The van der Waals surface area contributed by atoms with Gasteiger partial charge >= 0.3 is 0 Å². The number of allylic oxidation sites excluding steroid dienone is 3. The number of benzene rings is 1. The van der Waals surface area contributed by atoms with E-state index in [1.54, 1.807) is 4.90 Å². The van der Waals surface area contributed by atoms with Crippen LogP contribution < -0.4 is 10.2 Å². The Balaban J connectivity index is 2.47. The number of aryl methyl sites for hydroxylation is 2. The number of hydrogen-bond donors (Lipinski definition) is 1. The highest BCUT2D eigenvalue weighted by atomic mass is 16.2. The molecule has 0 saturated carbocycles. The molecule has 1 aliphatic heterocycles. The van der Waals surface area contributed by atoms with E-state index in [1.165, 1.54) is 0 Å². The zero-order valence-electron chi connectivity index (χ0n) is 18.6. The van der Waals surface area contributed by atoms with Crippen molar-refractivity contribution in [2.45, 2.75) is 72.3 Å². The summed E-state index contributed by atoms with van der Waals surface area (Å²) in [4.78, 5) is 28.5. The first-order valence-corrected chi connectivity index (χ1v) is 10.8. The van der Waals surface area contributed by atoms with Crippen LogP contribution in [0.3, 0.4) is 0 Å². The van der Waals surface area contributed by atoms with E-state index < -0.39 is 5.54 Å². The third-order valence-electron chi connectivity index (χ3n) is 5.54. The summed E-state index contributed by atoms with van der Waals surface area (Å²) in [6.45, 7) is 10.9. The monoisotopic (exact) mass is 396 g/mol. The lowest BCUT2D eigenvalue weighted by atomic mass is 9.89. The maximum Gasteiger partial charge on any atom is 0.246 e. The lowest BCUT2D eigenvalue weighted by Gasteiger charge is -2.41. The molecule has 1 heterocycles. The molecule has 0 aliphatic carbocycles. The summed E-state index contributed by atoms with van der Waals surface area (Å²) in [5, 5.41) is 3.11. The highest BCUT2D eigenvalue weighted by Gasteiger charge is 2.42. The Hall–Kier alpha value is -2.36. The molecule has 2 amide bonds. The molecule has 0 aromatic heterocycles. The Morgan fingerprint density at radius 2 is 1.93 bits per heavy atom. The summed E-state index contributed by atoms with van der Waals surface area (Å²) in [7, 11) is 0. The first-order valence-electron chi connectivity index (χ1n) is 10.8. The first kappa shape index (κ1) is 22.9. The van der Waals surface area contributed by atoms with Crippen LogP contribution in [0, 0.1) is 19.8 Å². The lowest BCUT2D eigenvalue weighted by Crippen LogP contribution is -2.59. The molecular formula is C25H36N2O2. The second kappa shape index (κ2) is 10.4. The predicted molar refractivity (Wildman–Crippen MR) is 121 cm³/mol. The van der Waals surface area contributed by atoms with Crippen LogP contribution in [0.4, 0.5) is 5.69 Å². The molecule has 2 rings (SSSR count). The van der Waals surface area contributed by atoms with E-state index in [0.29, 0.717) is 18.9 Å². The fraction of sp³-hybridized carbons (Fsp3) is 0.520. The first-order chi connectivity index (χ1) is 13.8. The van der Waals surface area contributed by atoms with E-state index >= 15 is 0 Å². The largest absolute Gasteiger partial charge is 0.354 e. The van der Waals surface area contributed by atoms with Crippen molar-refractivity contribution in [3.8, 4) is 0 Å². The van der Waals surface area contributed by atoms with Gasteiger partial charge in [-0.2, -0.15) is 0 Å². The topological polar surface area (TPSA) is 49.4 Å². The van der Waals surface area contributed by atoms with Gasteiger partial charge in [-0.1, -0.05) is 55.8 Å². The zero-order chi connectivity index (χ0) is 21.4. The molecule has 4 nitrogen and oxygen atoms in total. The van der Waals surface area contributed by atoms with Gasteiger partial charge in [-0.3, -0.25) is 14.5 Å². The summed E-state index contributed by atoms with van der Waals surface area (Å²) in [5.74, 6) is 0.395. The van der Waals surface area contributed by atoms with Gasteiger partial charge < -0.3 is 5.32 Å². The molecule has 158 valence electrons. The minimum Gasteiger partial charge on any atom is -0.354 e. The molecule has 0 radical (unpaired) electrons. The van der Waals surface area contributed by atoms with E-state index in [-0.39, 0.29) is 18.2 Å². The number of hydrogen-bond acceptors (Lipinski definition) is 2. The van der Waals surface area contributed by atoms with E-state index in [2.05, 4.69) is 31.3 Å². The lowest BCUT2D eigenvalue weighted by molar-refractivity contribution is -0.130. The normalized spacial score (nSPS) is 22.8. The third kappa shape index (κ3) is 6.06. The Bertz CT molecular complexity index is 779. The van der Waals surface area contributed by atoms with Gasteiger partial charge in [0.1, 0.15) is 5.54 Å². The van der Waals surface area contributed by atoms with Gasteiger partial charge in [0, 0.05) is 18.7 Å². The molecule has 1 aromatic rings. The van der Waals surface area contributed by atoms with Crippen LogP contribution in [0.25, 0.3) is 0 Å². The molecule has 0 bridgehead atoms. The number of anilines is 1. The molecule has 0 spiro atoms. The van der Waals surface area contributed by atoms with Crippen LogP contribution in [0.5, 0.6) is 0 Å². The van der Waals surface area contributed by atoms with E-state index in [0.717, 1.165) is 36.1 Å². The maximum absolute atomic E-state index is 13.4. The van der Waals surface area contributed by atoms with Gasteiger partial charge in [-0.05, 0) is 64.0 Å². The highest BCUT2D eigenvalue weighted by Crippen LogP contribution is 2.33. The summed E-state index contributed by atoms with van der Waals surface area (Å²) in [6.07, 6.45) is 11.4. The molecule has 1 aliphatic rings. The fourth-order valence-corrected chi connectivity index (χ4v) is 3.80. The second-order valence-electron chi connectivity index (χ2n) is 8.68. The number of carbonyl (C=O) groups excluding carboxylic acids is 2. The molecule has 1 atom stereocenters. The van der Waals surface area contributed by atoms with Crippen LogP contribution >= 0.6 is 0 Å². The van der Waals surface area contributed by atoms with Crippen LogP contribution in [0.2, 0.25) is 0 Å². The average Bonchev–Trinajstić information content (AvgIpc) is 2.67. The molecule has 1 aromatic carbocycles. The summed E-state index contributed by atoms with van der Waals surface area (Å²) >= 11 is 0. The van der Waals surface area contributed by atoms with Crippen molar-refractivity contribution < 1.29 is 9.59 Å². The molecule has 0 fully saturated rings. The van der Waals surface area contributed by atoms with Crippen molar-refractivity contribution in [3.05, 3.63) is 53.6 Å². The quantitative estimate of drug-likeness (QED) is 0.739. The van der Waals surface area contributed by atoms with Gasteiger partial charge in [-0.25, -0.2) is 0 Å². The smallest absolute Gasteiger partial charge is 0.246 e. The third-order valence-corrected chi connectivity index (χ3v) is 5.54. The van der Waals surface area contributed by atoms with Gasteiger partial charge in [0.2, 0.25) is 11.8 Å². The Labute approximate surface area is 176 Å². The number of nitrogens with zero attached hydrogens (tertiary/aromatic N) is 1. The fourth-order valence-electron chi connectivity index (χ4n) is 3.80. The molecule has 0 saturated heterocycles. The highest BCUT2D eigenvalue weighted by molar-refractivity contribution is 6.04. The van der Waals surface area contributed by atoms with E-state index in [1.807, 2.05) is 51.1 Å². The number of nitrogens with one attached hydrogen (secondary N) is 1. The molecule has 4 heteroatoms. The van der Waals surface area contributed by atoms with Gasteiger partial charge in [0.25, 0.3) is 0 Å². The predicted octanol–water partition coefficient (Wildman–Crippen LogP) is 5.24. The summed E-state index contributed by atoms with van der Waals surface area (Å²) < 4.78 is 0. The van der Waals surface area contributed by atoms with Crippen molar-refractivity contribution in [1.29, 1.82) is 0 Å². The SMILES string of the molecule is Cc1ccc(N2C(=O)C/C=C\C=C/CCCC2(C)C(=O)NCCC(C)C)c(C)c1. The van der Waals surface area contributed by atoms with E-state index in [4.69, 9.17) is 0 Å². The Morgan fingerprint density at radius 1 is 1.21 bits per heavy atom.